The van der Waals surface area contributed by atoms with Gasteiger partial charge in [-0.05, 0) is 36.6 Å². The van der Waals surface area contributed by atoms with Crippen molar-refractivity contribution >= 4 is 10.0 Å². The van der Waals surface area contributed by atoms with Gasteiger partial charge in [-0.3, -0.25) is 0 Å². The average Bonchev–Trinajstić information content (AvgIpc) is 2.45. The summed E-state index contributed by atoms with van der Waals surface area (Å²) in [5, 5.41) is 0. The zero-order valence-electron chi connectivity index (χ0n) is 12.3. The van der Waals surface area contributed by atoms with Gasteiger partial charge in [0, 0.05) is 13.1 Å². The van der Waals surface area contributed by atoms with Crippen LogP contribution in [0.2, 0.25) is 0 Å². The smallest absolute Gasteiger partial charge is 0.241 e. The number of hydrogen-bond donors (Lipinski definition) is 2. The van der Waals surface area contributed by atoms with Crippen molar-refractivity contribution in [2.75, 3.05) is 0 Å². The molecule has 0 spiro atoms. The Morgan fingerprint density at radius 2 is 1.81 bits per heavy atom. The first-order valence-corrected chi connectivity index (χ1v) is 8.26. The van der Waals surface area contributed by atoms with Gasteiger partial charge in [0.05, 0.1) is 4.90 Å². The average molecular weight is 304 g/mol. The van der Waals surface area contributed by atoms with Crippen molar-refractivity contribution in [2.24, 2.45) is 5.73 Å². The normalized spacial score (nSPS) is 11.6. The van der Waals surface area contributed by atoms with Crippen LogP contribution in [-0.2, 0) is 23.1 Å². The second kappa shape index (κ2) is 6.39. The van der Waals surface area contributed by atoms with E-state index in [2.05, 4.69) is 4.72 Å². The minimum Gasteiger partial charge on any atom is -0.326 e. The Labute approximate surface area is 126 Å². The lowest BCUT2D eigenvalue weighted by atomic mass is 10.1. The highest BCUT2D eigenvalue weighted by molar-refractivity contribution is 7.89. The molecule has 112 valence electrons. The summed E-state index contributed by atoms with van der Waals surface area (Å²) in [4.78, 5) is 0.290. The molecule has 2 aromatic carbocycles. The maximum atomic E-state index is 12.4. The van der Waals surface area contributed by atoms with Gasteiger partial charge in [0.15, 0.2) is 0 Å². The highest BCUT2D eigenvalue weighted by Crippen LogP contribution is 2.19. The molecular formula is C16H20N2O2S. The Morgan fingerprint density at radius 3 is 2.48 bits per heavy atom. The van der Waals surface area contributed by atoms with Gasteiger partial charge in [-0.2, -0.15) is 0 Å². The predicted octanol–water partition coefficient (Wildman–Crippen LogP) is 2.24. The van der Waals surface area contributed by atoms with Crippen LogP contribution in [0.4, 0.5) is 0 Å². The van der Waals surface area contributed by atoms with E-state index in [1.54, 1.807) is 19.1 Å². The molecular weight excluding hydrogens is 284 g/mol. The minimum atomic E-state index is -3.54. The van der Waals surface area contributed by atoms with Crippen molar-refractivity contribution in [1.29, 1.82) is 0 Å². The van der Waals surface area contributed by atoms with E-state index in [1.807, 2.05) is 37.3 Å². The Hall–Kier alpha value is -1.69. The second-order valence-corrected chi connectivity index (χ2v) is 6.79. The summed E-state index contributed by atoms with van der Waals surface area (Å²) in [6.07, 6.45) is 0. The molecule has 0 aromatic heterocycles. The lowest BCUT2D eigenvalue weighted by Crippen LogP contribution is -2.24. The third-order valence-corrected chi connectivity index (χ3v) is 5.00. The Morgan fingerprint density at radius 1 is 1.10 bits per heavy atom. The van der Waals surface area contributed by atoms with Crippen LogP contribution in [0.1, 0.15) is 22.3 Å². The predicted molar refractivity (Wildman–Crippen MR) is 84.3 cm³/mol. The number of sulfonamides is 1. The van der Waals surface area contributed by atoms with Crippen LogP contribution in [0.15, 0.2) is 47.4 Å². The van der Waals surface area contributed by atoms with Crippen LogP contribution in [-0.4, -0.2) is 8.42 Å². The van der Waals surface area contributed by atoms with E-state index in [1.165, 1.54) is 0 Å². The zero-order valence-corrected chi connectivity index (χ0v) is 13.1. The van der Waals surface area contributed by atoms with Crippen molar-refractivity contribution in [3.63, 3.8) is 0 Å². The van der Waals surface area contributed by atoms with Gasteiger partial charge in [0.1, 0.15) is 0 Å². The molecule has 0 aliphatic carbocycles. The van der Waals surface area contributed by atoms with E-state index < -0.39 is 10.0 Å². The van der Waals surface area contributed by atoms with Crippen molar-refractivity contribution < 1.29 is 8.42 Å². The fraction of sp³-hybridized carbons (Fsp3) is 0.250. The summed E-state index contributed by atoms with van der Waals surface area (Å²) >= 11 is 0. The molecule has 0 saturated carbocycles. The van der Waals surface area contributed by atoms with Crippen LogP contribution in [0.25, 0.3) is 0 Å². The van der Waals surface area contributed by atoms with Crippen LogP contribution in [0, 0.1) is 13.8 Å². The molecule has 0 fully saturated rings. The first-order valence-electron chi connectivity index (χ1n) is 6.78. The fourth-order valence-electron chi connectivity index (χ4n) is 2.25. The summed E-state index contributed by atoms with van der Waals surface area (Å²) in [6, 6.07) is 12.9. The molecule has 0 radical (unpaired) electrons. The molecule has 21 heavy (non-hydrogen) atoms. The van der Waals surface area contributed by atoms with E-state index in [-0.39, 0.29) is 11.4 Å². The van der Waals surface area contributed by atoms with Crippen molar-refractivity contribution in [3.05, 3.63) is 64.7 Å². The van der Waals surface area contributed by atoms with E-state index in [0.29, 0.717) is 12.1 Å². The van der Waals surface area contributed by atoms with Crippen molar-refractivity contribution in [3.8, 4) is 0 Å². The highest BCUT2D eigenvalue weighted by atomic mass is 32.2. The maximum absolute atomic E-state index is 12.4. The number of hydrogen-bond acceptors (Lipinski definition) is 3. The summed E-state index contributed by atoms with van der Waals surface area (Å²) < 4.78 is 27.5. The molecule has 0 heterocycles. The van der Waals surface area contributed by atoms with E-state index in [4.69, 9.17) is 5.73 Å². The van der Waals surface area contributed by atoms with E-state index in [0.717, 1.165) is 16.7 Å². The number of nitrogens with two attached hydrogens (primary N) is 1. The van der Waals surface area contributed by atoms with Gasteiger partial charge in [-0.25, -0.2) is 13.1 Å². The third-order valence-electron chi connectivity index (χ3n) is 3.45. The number of rotatable bonds is 5. The number of nitrogens with one attached hydrogen (secondary N) is 1. The van der Waals surface area contributed by atoms with E-state index >= 15 is 0 Å². The van der Waals surface area contributed by atoms with Crippen LogP contribution >= 0.6 is 0 Å². The summed E-state index contributed by atoms with van der Waals surface area (Å²) in [5.41, 5.74) is 9.22. The lowest BCUT2D eigenvalue weighted by molar-refractivity contribution is 0.580. The molecule has 0 aliphatic heterocycles. The van der Waals surface area contributed by atoms with Crippen LogP contribution < -0.4 is 10.5 Å². The topological polar surface area (TPSA) is 72.2 Å². The molecule has 0 unspecified atom stereocenters. The number of benzene rings is 2. The first-order chi connectivity index (χ1) is 9.94. The quantitative estimate of drug-likeness (QED) is 0.890. The van der Waals surface area contributed by atoms with Gasteiger partial charge >= 0.3 is 0 Å². The summed E-state index contributed by atoms with van der Waals surface area (Å²) in [5.74, 6) is 0. The molecule has 0 saturated heterocycles. The monoisotopic (exact) mass is 304 g/mol. The minimum absolute atomic E-state index is 0.274. The molecule has 2 aromatic rings. The molecule has 0 bridgehead atoms. The van der Waals surface area contributed by atoms with Crippen molar-refractivity contribution in [2.45, 2.75) is 31.8 Å². The summed E-state index contributed by atoms with van der Waals surface area (Å²) in [6.45, 7) is 4.36. The first kappa shape index (κ1) is 15.7. The fourth-order valence-corrected chi connectivity index (χ4v) is 3.55. The Bertz CT molecular complexity index is 740. The summed E-state index contributed by atoms with van der Waals surface area (Å²) in [7, 11) is -3.54. The largest absolute Gasteiger partial charge is 0.326 e. The molecule has 5 heteroatoms. The second-order valence-electron chi connectivity index (χ2n) is 5.06. The number of aryl methyl sites for hydroxylation is 1. The van der Waals surface area contributed by atoms with Crippen molar-refractivity contribution in [1.82, 2.24) is 4.72 Å². The Kier molecular flexibility index (Phi) is 4.77. The molecule has 4 nitrogen and oxygen atoms in total. The van der Waals surface area contributed by atoms with Gasteiger partial charge in [-0.1, -0.05) is 42.0 Å². The van der Waals surface area contributed by atoms with Crippen LogP contribution in [0.3, 0.4) is 0 Å². The maximum Gasteiger partial charge on any atom is 0.241 e. The molecule has 3 N–H and O–H groups in total. The Balaban J connectivity index is 2.23. The SMILES string of the molecule is Cc1cccc(CNS(=O)(=O)c2cccc(CN)c2C)c1. The molecule has 2 rings (SSSR count). The molecule has 0 aliphatic rings. The van der Waals surface area contributed by atoms with Gasteiger partial charge in [-0.15, -0.1) is 0 Å². The lowest BCUT2D eigenvalue weighted by Gasteiger charge is -2.12. The van der Waals surface area contributed by atoms with E-state index in [9.17, 15) is 8.42 Å². The van der Waals surface area contributed by atoms with Gasteiger partial charge < -0.3 is 5.73 Å². The third kappa shape index (κ3) is 3.69. The molecule has 0 amide bonds. The standard InChI is InChI=1S/C16H20N2O2S/c1-12-5-3-6-14(9-12)11-18-21(19,20)16-8-4-7-15(10-17)13(16)2/h3-9,18H,10-11,17H2,1-2H3. The highest BCUT2D eigenvalue weighted by Gasteiger charge is 2.17. The van der Waals surface area contributed by atoms with Gasteiger partial charge in [0.2, 0.25) is 10.0 Å². The zero-order chi connectivity index (χ0) is 15.5. The van der Waals surface area contributed by atoms with Gasteiger partial charge in [0.25, 0.3) is 0 Å². The van der Waals surface area contributed by atoms with Crippen LogP contribution in [0.5, 0.6) is 0 Å². The molecule has 0 atom stereocenters.